The predicted molar refractivity (Wildman–Crippen MR) is 91.5 cm³/mol. The molecule has 0 aliphatic carbocycles. The highest BCUT2D eigenvalue weighted by Crippen LogP contribution is 2.29. The van der Waals surface area contributed by atoms with Crippen LogP contribution in [0.4, 0.5) is 0 Å². The van der Waals surface area contributed by atoms with Gasteiger partial charge in [-0.2, -0.15) is 4.98 Å². The second-order valence-corrected chi connectivity index (χ2v) is 6.44. The van der Waals surface area contributed by atoms with Gasteiger partial charge in [0, 0.05) is 36.1 Å². The molecule has 6 heteroatoms. The average Bonchev–Trinajstić information content (AvgIpc) is 3.11. The third-order valence-electron chi connectivity index (χ3n) is 4.48. The number of benzene rings is 1. The van der Waals surface area contributed by atoms with E-state index in [1.54, 1.807) is 12.4 Å². The number of hydrogen-bond donors (Lipinski definition) is 0. The highest BCUT2D eigenvalue weighted by molar-refractivity contribution is 6.30. The predicted octanol–water partition coefficient (Wildman–Crippen LogP) is 3.90. The van der Waals surface area contributed by atoms with Crippen molar-refractivity contribution in [3.05, 3.63) is 64.8 Å². The van der Waals surface area contributed by atoms with Crippen LogP contribution in [0.5, 0.6) is 0 Å². The molecule has 0 spiro atoms. The Hall–Kier alpha value is -2.24. The molecule has 0 fully saturated rings. The fourth-order valence-electron chi connectivity index (χ4n) is 3.05. The number of pyridine rings is 1. The van der Waals surface area contributed by atoms with E-state index < -0.39 is 0 Å². The quantitative estimate of drug-likeness (QED) is 0.723. The molecular weight excluding hydrogens is 324 g/mol. The van der Waals surface area contributed by atoms with E-state index in [-0.39, 0.29) is 6.04 Å². The van der Waals surface area contributed by atoms with Crippen LogP contribution in [0.3, 0.4) is 0 Å². The van der Waals surface area contributed by atoms with Crippen LogP contribution in [0, 0.1) is 0 Å². The number of nitrogens with zero attached hydrogens (tertiary/aromatic N) is 4. The summed E-state index contributed by atoms with van der Waals surface area (Å²) in [5.74, 6) is 1.21. The van der Waals surface area contributed by atoms with Gasteiger partial charge in [0.2, 0.25) is 11.7 Å². The van der Waals surface area contributed by atoms with Gasteiger partial charge >= 0.3 is 0 Å². The van der Waals surface area contributed by atoms with Crippen LogP contribution in [0.25, 0.3) is 11.4 Å². The number of aromatic nitrogens is 3. The number of halogens is 1. The van der Waals surface area contributed by atoms with Gasteiger partial charge in [-0.25, -0.2) is 0 Å². The summed E-state index contributed by atoms with van der Waals surface area (Å²) in [7, 11) is 0. The van der Waals surface area contributed by atoms with Gasteiger partial charge in [0.1, 0.15) is 0 Å². The fraction of sp³-hybridized carbons (Fsp3) is 0.278. The van der Waals surface area contributed by atoms with Crippen molar-refractivity contribution in [3.8, 4) is 11.4 Å². The topological polar surface area (TPSA) is 55.1 Å². The molecule has 24 heavy (non-hydrogen) atoms. The summed E-state index contributed by atoms with van der Waals surface area (Å²) in [6.07, 6.45) is 4.44. The van der Waals surface area contributed by atoms with Crippen molar-refractivity contribution in [2.45, 2.75) is 25.9 Å². The van der Waals surface area contributed by atoms with Crippen molar-refractivity contribution in [3.63, 3.8) is 0 Å². The van der Waals surface area contributed by atoms with E-state index in [1.807, 2.05) is 18.2 Å². The summed E-state index contributed by atoms with van der Waals surface area (Å²) in [6.45, 7) is 3.90. The zero-order valence-corrected chi connectivity index (χ0v) is 14.1. The van der Waals surface area contributed by atoms with Crippen LogP contribution >= 0.6 is 11.6 Å². The first-order chi connectivity index (χ1) is 11.7. The van der Waals surface area contributed by atoms with Crippen LogP contribution in [-0.2, 0) is 13.0 Å². The molecule has 1 atom stereocenters. The molecule has 2 aromatic heterocycles. The van der Waals surface area contributed by atoms with E-state index in [0.29, 0.717) is 11.7 Å². The van der Waals surface area contributed by atoms with Gasteiger partial charge in [-0.15, -0.1) is 0 Å². The third kappa shape index (κ3) is 2.92. The molecule has 1 unspecified atom stereocenters. The standard InChI is InChI=1S/C18H17ClN4O/c1-12(18-21-17(22-24-18)14-3-2-7-20-10-14)23-8-6-13-9-16(19)5-4-15(13)11-23/h2-5,7,9-10,12H,6,8,11H2,1H3. The van der Waals surface area contributed by atoms with Gasteiger partial charge in [0.15, 0.2) is 0 Å². The fourth-order valence-corrected chi connectivity index (χ4v) is 3.24. The maximum atomic E-state index is 6.08. The normalized spacial score (nSPS) is 15.9. The summed E-state index contributed by atoms with van der Waals surface area (Å²) < 4.78 is 5.49. The zero-order chi connectivity index (χ0) is 16.5. The summed E-state index contributed by atoms with van der Waals surface area (Å²) in [4.78, 5) is 11.0. The van der Waals surface area contributed by atoms with E-state index >= 15 is 0 Å². The summed E-state index contributed by atoms with van der Waals surface area (Å²) in [5, 5.41) is 4.89. The third-order valence-corrected chi connectivity index (χ3v) is 4.71. The molecule has 0 amide bonds. The van der Waals surface area contributed by atoms with Crippen LogP contribution < -0.4 is 0 Å². The lowest BCUT2D eigenvalue weighted by Crippen LogP contribution is -2.33. The molecule has 1 aromatic carbocycles. The molecule has 1 aliphatic rings. The van der Waals surface area contributed by atoms with Crippen molar-refractivity contribution in [1.82, 2.24) is 20.0 Å². The molecule has 4 rings (SSSR count). The van der Waals surface area contributed by atoms with Crippen LogP contribution in [-0.4, -0.2) is 26.6 Å². The Kier molecular flexibility index (Phi) is 4.04. The SMILES string of the molecule is CC(c1nc(-c2cccnc2)no1)N1CCc2cc(Cl)ccc2C1. The average molecular weight is 341 g/mol. The largest absolute Gasteiger partial charge is 0.337 e. The lowest BCUT2D eigenvalue weighted by Gasteiger charge is -2.31. The zero-order valence-electron chi connectivity index (χ0n) is 13.3. The van der Waals surface area contributed by atoms with Crippen LogP contribution in [0.2, 0.25) is 5.02 Å². The molecule has 0 N–H and O–H groups in total. The lowest BCUT2D eigenvalue weighted by atomic mass is 9.99. The number of fused-ring (bicyclic) bond motifs is 1. The second-order valence-electron chi connectivity index (χ2n) is 6.01. The van der Waals surface area contributed by atoms with Crippen molar-refractivity contribution in [2.24, 2.45) is 0 Å². The number of hydrogen-bond acceptors (Lipinski definition) is 5. The summed E-state index contributed by atoms with van der Waals surface area (Å²) in [5.41, 5.74) is 3.50. The van der Waals surface area contributed by atoms with Gasteiger partial charge in [-0.1, -0.05) is 22.8 Å². The molecule has 5 nitrogen and oxygen atoms in total. The molecule has 0 bridgehead atoms. The van der Waals surface area contributed by atoms with Crippen molar-refractivity contribution >= 4 is 11.6 Å². The van der Waals surface area contributed by atoms with E-state index in [0.717, 1.165) is 30.1 Å². The first kappa shape index (κ1) is 15.3. The Balaban J connectivity index is 1.53. The molecular formula is C18H17ClN4O. The van der Waals surface area contributed by atoms with E-state index in [2.05, 4.69) is 39.1 Å². The van der Waals surface area contributed by atoms with E-state index in [9.17, 15) is 0 Å². The molecule has 0 saturated heterocycles. The van der Waals surface area contributed by atoms with Crippen LogP contribution in [0.1, 0.15) is 30.0 Å². The van der Waals surface area contributed by atoms with Crippen LogP contribution in [0.15, 0.2) is 47.2 Å². The van der Waals surface area contributed by atoms with E-state index in [1.165, 1.54) is 11.1 Å². The monoisotopic (exact) mass is 340 g/mol. The summed E-state index contributed by atoms with van der Waals surface area (Å²) >= 11 is 6.08. The van der Waals surface area contributed by atoms with Gasteiger partial charge in [0.05, 0.1) is 6.04 Å². The Morgan fingerprint density at radius 1 is 1.25 bits per heavy atom. The molecule has 122 valence electrons. The highest BCUT2D eigenvalue weighted by Gasteiger charge is 2.25. The minimum absolute atomic E-state index is 0.0618. The maximum Gasteiger partial charge on any atom is 0.244 e. The minimum Gasteiger partial charge on any atom is -0.337 e. The number of rotatable bonds is 3. The first-order valence-electron chi connectivity index (χ1n) is 7.96. The highest BCUT2D eigenvalue weighted by atomic mass is 35.5. The molecule has 0 radical (unpaired) electrons. The Labute approximate surface area is 145 Å². The minimum atomic E-state index is 0.0618. The molecule has 0 saturated carbocycles. The molecule has 1 aliphatic heterocycles. The molecule has 3 heterocycles. The second kappa shape index (κ2) is 6.34. The van der Waals surface area contributed by atoms with Gasteiger partial charge in [-0.05, 0) is 48.7 Å². The Bertz CT molecular complexity index is 849. The van der Waals surface area contributed by atoms with Crippen molar-refractivity contribution < 1.29 is 4.52 Å². The maximum absolute atomic E-state index is 6.08. The van der Waals surface area contributed by atoms with Gasteiger partial charge in [0.25, 0.3) is 0 Å². The smallest absolute Gasteiger partial charge is 0.244 e. The van der Waals surface area contributed by atoms with Crippen molar-refractivity contribution in [1.29, 1.82) is 0 Å². The Morgan fingerprint density at radius 2 is 2.17 bits per heavy atom. The Morgan fingerprint density at radius 3 is 3.00 bits per heavy atom. The molecule has 3 aromatic rings. The summed E-state index contributed by atoms with van der Waals surface area (Å²) in [6, 6.07) is 9.96. The lowest BCUT2D eigenvalue weighted by molar-refractivity contribution is 0.158. The first-order valence-corrected chi connectivity index (χ1v) is 8.34. The van der Waals surface area contributed by atoms with E-state index in [4.69, 9.17) is 16.1 Å². The van der Waals surface area contributed by atoms with Crippen molar-refractivity contribution in [2.75, 3.05) is 6.54 Å². The van der Waals surface area contributed by atoms with Gasteiger partial charge in [-0.3, -0.25) is 9.88 Å². The van der Waals surface area contributed by atoms with Gasteiger partial charge < -0.3 is 4.52 Å².